The number of benzene rings is 2. The fourth-order valence-electron chi connectivity index (χ4n) is 6.22. The highest BCUT2D eigenvalue weighted by Gasteiger charge is 2.45. The molecule has 0 bridgehead atoms. The van der Waals surface area contributed by atoms with Gasteiger partial charge in [0.25, 0.3) is 23.3 Å². The average molecular weight is 750 g/mol. The van der Waals surface area contributed by atoms with Crippen LogP contribution in [-0.4, -0.2) is 93.3 Å². The molecule has 1 fully saturated rings. The van der Waals surface area contributed by atoms with Gasteiger partial charge in [-0.25, -0.2) is 14.6 Å². The number of nitrogens with one attached hydrogen (secondary N) is 2. The molecule has 0 radical (unpaired) electrons. The van der Waals surface area contributed by atoms with Gasteiger partial charge in [0.05, 0.1) is 37.1 Å². The van der Waals surface area contributed by atoms with Gasteiger partial charge in [0.15, 0.2) is 5.58 Å². The molecular weight excluding hydrogens is 714 g/mol. The van der Waals surface area contributed by atoms with Crippen LogP contribution in [0.1, 0.15) is 56.0 Å². The van der Waals surface area contributed by atoms with Crippen molar-refractivity contribution in [2.45, 2.75) is 31.7 Å². The molecule has 2 aliphatic rings. The highest BCUT2D eigenvalue weighted by Crippen LogP contribution is 2.31. The van der Waals surface area contributed by atoms with Crippen LogP contribution in [0.2, 0.25) is 0 Å². The molecule has 2 aliphatic heterocycles. The average Bonchev–Trinajstić information content (AvgIpc) is 3.71. The van der Waals surface area contributed by atoms with Crippen molar-refractivity contribution in [3.05, 3.63) is 99.6 Å². The first kappa shape index (κ1) is 36.8. The van der Waals surface area contributed by atoms with Crippen LogP contribution in [0.25, 0.3) is 22.7 Å². The number of hydrogen-bond donors (Lipinski definition) is 2. The van der Waals surface area contributed by atoms with E-state index in [1.165, 1.54) is 30.1 Å². The molecule has 1 saturated heterocycles. The minimum Gasteiger partial charge on any atom is -0.490 e. The number of rotatable bonds is 15. The molecule has 2 aromatic carbocycles. The molecule has 2 N–H and O–H groups in total. The molecule has 55 heavy (non-hydrogen) atoms. The number of imide groups is 2. The Labute approximate surface area is 312 Å². The van der Waals surface area contributed by atoms with Crippen molar-refractivity contribution in [1.82, 2.24) is 30.0 Å². The summed E-state index contributed by atoms with van der Waals surface area (Å²) in [6.07, 6.45) is 2.70. The second-order valence-corrected chi connectivity index (χ2v) is 12.7. The van der Waals surface area contributed by atoms with Crippen LogP contribution in [0.4, 0.5) is 5.69 Å². The number of pyridine rings is 1. The van der Waals surface area contributed by atoms with Gasteiger partial charge in [-0.1, -0.05) is 12.1 Å². The van der Waals surface area contributed by atoms with E-state index in [4.69, 9.17) is 18.6 Å². The number of amides is 5. The topological polar surface area (TPSA) is 214 Å². The van der Waals surface area contributed by atoms with Gasteiger partial charge in [0.2, 0.25) is 17.7 Å². The third kappa shape index (κ3) is 8.17. The van der Waals surface area contributed by atoms with Gasteiger partial charge < -0.3 is 23.9 Å². The fourth-order valence-corrected chi connectivity index (χ4v) is 6.22. The Balaban J connectivity index is 0.788. The van der Waals surface area contributed by atoms with Crippen molar-refractivity contribution in [1.29, 1.82) is 0 Å². The molecule has 17 heteroatoms. The Hall–Kier alpha value is -6.59. The molecule has 1 atom stereocenters. The molecule has 0 aliphatic carbocycles. The Morgan fingerprint density at radius 1 is 0.945 bits per heavy atom. The molecule has 17 nitrogen and oxygen atoms in total. The summed E-state index contributed by atoms with van der Waals surface area (Å²) in [7, 11) is 1.54. The fraction of sp³-hybridized carbons (Fsp3) is 0.289. The number of carbonyl (C=O) groups excluding carboxylic acids is 5. The van der Waals surface area contributed by atoms with E-state index in [2.05, 4.69) is 25.7 Å². The first-order chi connectivity index (χ1) is 26.7. The number of nitrogens with zero attached hydrogens (tertiary/aromatic N) is 5. The SMILES string of the molecule is Cn1nc(-c2nc3cc(NC(=O)c4ccc(OCCOCCOCCCc5cccc6c5C(=O)N(C5CCC(=O)NC5=O)C6=O)cn4)ccc3o2)ccc1=O. The molecule has 0 spiro atoms. The van der Waals surface area contributed by atoms with Gasteiger partial charge in [-0.15, -0.1) is 0 Å². The molecular formula is C38H35N7O10. The monoisotopic (exact) mass is 749 g/mol. The van der Waals surface area contributed by atoms with Gasteiger partial charge >= 0.3 is 0 Å². The lowest BCUT2D eigenvalue weighted by Gasteiger charge is -2.27. The standard InChI is InChI=1S/C38H35N7O10/c1-44-32(47)14-10-27(43-44)36-41-28-20-23(7-12-30(28)55-36)40-34(48)26-9-8-24(21-39-26)54-19-18-53-17-16-52-15-3-5-22-4-2-6-25-33(22)38(51)45(37(25)50)29-11-13-31(46)42-35(29)49/h2,4,6-10,12,14,20-21,29H,3,5,11,13,15-19H2,1H3,(H,40,48)(H,42,46,49). The molecule has 1 unspecified atom stereocenters. The number of piperidine rings is 1. The number of carbonyl (C=O) groups is 5. The number of anilines is 1. The largest absolute Gasteiger partial charge is 0.490 e. The Bertz CT molecular complexity index is 2350. The molecule has 7 rings (SSSR count). The third-order valence-corrected chi connectivity index (χ3v) is 8.95. The summed E-state index contributed by atoms with van der Waals surface area (Å²) in [6, 6.07) is 15.2. The molecule has 5 amide bonds. The van der Waals surface area contributed by atoms with E-state index in [1.807, 2.05) is 0 Å². The minimum atomic E-state index is -1.01. The van der Waals surface area contributed by atoms with Gasteiger partial charge in [0.1, 0.15) is 35.3 Å². The van der Waals surface area contributed by atoms with E-state index in [9.17, 15) is 28.8 Å². The smallest absolute Gasteiger partial charge is 0.274 e. The third-order valence-electron chi connectivity index (χ3n) is 8.95. The summed E-state index contributed by atoms with van der Waals surface area (Å²) in [6.45, 7) is 1.63. The Kier molecular flexibility index (Phi) is 10.8. The van der Waals surface area contributed by atoms with Crippen LogP contribution in [0.5, 0.6) is 5.75 Å². The molecule has 5 aromatic rings. The molecule has 282 valence electrons. The second kappa shape index (κ2) is 16.2. The maximum Gasteiger partial charge on any atom is 0.274 e. The van der Waals surface area contributed by atoms with Crippen LogP contribution in [-0.2, 0) is 32.5 Å². The maximum atomic E-state index is 13.2. The molecule has 0 saturated carbocycles. The van der Waals surface area contributed by atoms with Crippen LogP contribution in [0.3, 0.4) is 0 Å². The highest BCUT2D eigenvalue weighted by atomic mass is 16.5. The lowest BCUT2D eigenvalue weighted by atomic mass is 9.99. The summed E-state index contributed by atoms with van der Waals surface area (Å²) in [5, 5.41) is 9.15. The summed E-state index contributed by atoms with van der Waals surface area (Å²) < 4.78 is 23.9. The summed E-state index contributed by atoms with van der Waals surface area (Å²) in [5.74, 6) is -1.83. The zero-order chi connectivity index (χ0) is 38.5. The van der Waals surface area contributed by atoms with E-state index in [0.29, 0.717) is 78.6 Å². The summed E-state index contributed by atoms with van der Waals surface area (Å²) >= 11 is 0. The normalized spacial score (nSPS) is 15.4. The summed E-state index contributed by atoms with van der Waals surface area (Å²) in [5.41, 5.74) is 3.06. The molecule has 5 heterocycles. The van der Waals surface area contributed by atoms with Crippen LogP contribution >= 0.6 is 0 Å². The second-order valence-electron chi connectivity index (χ2n) is 12.7. The van der Waals surface area contributed by atoms with Gasteiger partial charge in [-0.05, 0) is 67.3 Å². The number of aryl methyl sites for hydroxylation is 2. The van der Waals surface area contributed by atoms with E-state index >= 15 is 0 Å². The van der Waals surface area contributed by atoms with E-state index in [-0.39, 0.29) is 42.2 Å². The zero-order valence-electron chi connectivity index (χ0n) is 29.6. The predicted molar refractivity (Wildman–Crippen MR) is 193 cm³/mol. The number of ether oxygens (including phenoxy) is 3. The lowest BCUT2D eigenvalue weighted by Crippen LogP contribution is -2.54. The Morgan fingerprint density at radius 2 is 1.76 bits per heavy atom. The van der Waals surface area contributed by atoms with Gasteiger partial charge in [-0.3, -0.25) is 39.0 Å². The first-order valence-electron chi connectivity index (χ1n) is 17.5. The highest BCUT2D eigenvalue weighted by molar-refractivity contribution is 6.24. The maximum absolute atomic E-state index is 13.2. The van der Waals surface area contributed by atoms with Crippen LogP contribution in [0.15, 0.2) is 76.1 Å². The predicted octanol–water partition coefficient (Wildman–Crippen LogP) is 2.68. The number of aromatic nitrogens is 4. The van der Waals surface area contributed by atoms with Gasteiger partial charge in [0, 0.05) is 31.8 Å². The van der Waals surface area contributed by atoms with Crippen molar-refractivity contribution in [2.24, 2.45) is 7.05 Å². The number of fused-ring (bicyclic) bond motifs is 2. The lowest BCUT2D eigenvalue weighted by molar-refractivity contribution is -0.136. The van der Waals surface area contributed by atoms with Crippen molar-refractivity contribution in [2.75, 3.05) is 38.4 Å². The van der Waals surface area contributed by atoms with E-state index in [0.717, 1.165) is 4.90 Å². The van der Waals surface area contributed by atoms with Crippen LogP contribution in [0, 0.1) is 0 Å². The number of hydrogen-bond acceptors (Lipinski definition) is 13. The van der Waals surface area contributed by atoms with Crippen molar-refractivity contribution in [3.63, 3.8) is 0 Å². The minimum absolute atomic E-state index is 0.0635. The van der Waals surface area contributed by atoms with Crippen molar-refractivity contribution < 1.29 is 42.6 Å². The Morgan fingerprint density at radius 3 is 2.55 bits per heavy atom. The van der Waals surface area contributed by atoms with Crippen molar-refractivity contribution >= 4 is 46.3 Å². The zero-order valence-corrected chi connectivity index (χ0v) is 29.6. The number of oxazole rings is 1. The van der Waals surface area contributed by atoms with Crippen molar-refractivity contribution in [3.8, 4) is 17.3 Å². The van der Waals surface area contributed by atoms with E-state index in [1.54, 1.807) is 48.5 Å². The first-order valence-corrected chi connectivity index (χ1v) is 17.5. The van der Waals surface area contributed by atoms with Gasteiger partial charge in [-0.2, -0.15) is 5.10 Å². The quantitative estimate of drug-likeness (QED) is 0.117. The van der Waals surface area contributed by atoms with E-state index < -0.39 is 35.6 Å². The van der Waals surface area contributed by atoms with Crippen LogP contribution < -0.4 is 20.9 Å². The summed E-state index contributed by atoms with van der Waals surface area (Å²) in [4.78, 5) is 84.2. The molecule has 3 aromatic heterocycles.